The van der Waals surface area contributed by atoms with Crippen molar-refractivity contribution in [1.82, 2.24) is 0 Å². The highest BCUT2D eigenvalue weighted by Crippen LogP contribution is 2.21. The van der Waals surface area contributed by atoms with E-state index >= 15 is 0 Å². The first kappa shape index (κ1) is 20.0. The predicted molar refractivity (Wildman–Crippen MR) is 88.9 cm³/mol. The largest absolute Gasteiger partial charge is 0.288 e. The Morgan fingerprint density at radius 2 is 1.59 bits per heavy atom. The highest BCUT2D eigenvalue weighted by molar-refractivity contribution is 7.96. The first-order valence-electron chi connectivity index (χ1n) is 6.59. The van der Waals surface area contributed by atoms with Crippen LogP contribution in [0.15, 0.2) is 0 Å². The Morgan fingerprint density at radius 3 is 1.71 bits per heavy atom. The molecule has 0 aliphatic heterocycles. The summed E-state index contributed by atoms with van der Waals surface area (Å²) in [5, 5.41) is 0.714. The minimum atomic E-state index is -0.0162. The molecule has 104 valence electrons. The van der Waals surface area contributed by atoms with E-state index in [0.29, 0.717) is 6.42 Å². The van der Waals surface area contributed by atoms with Crippen molar-refractivity contribution in [2.45, 2.75) is 70.5 Å². The predicted octanol–water partition coefficient (Wildman–Crippen LogP) is 4.82. The fourth-order valence-corrected chi connectivity index (χ4v) is 1.88. The molecule has 0 aromatic heterocycles. The lowest BCUT2D eigenvalue weighted by Gasteiger charge is -2.14. The van der Waals surface area contributed by atoms with Gasteiger partial charge in [0.2, 0.25) is 0 Å². The summed E-state index contributed by atoms with van der Waals surface area (Å²) >= 11 is 11.8. The van der Waals surface area contributed by atoms with Crippen molar-refractivity contribution in [2.75, 3.05) is 5.75 Å². The zero-order valence-electron chi connectivity index (χ0n) is 11.2. The van der Waals surface area contributed by atoms with Crippen LogP contribution in [0.3, 0.4) is 0 Å². The molecule has 0 heterocycles. The Kier molecular flexibility index (Phi) is 19.7. The molecular formula is C13H28OS3. The molecule has 0 aromatic rings. The van der Waals surface area contributed by atoms with Gasteiger partial charge in [-0.05, 0) is 31.4 Å². The van der Waals surface area contributed by atoms with Crippen LogP contribution in [0.5, 0.6) is 0 Å². The molecule has 0 N–H and O–H groups in total. The van der Waals surface area contributed by atoms with Crippen LogP contribution in [0.25, 0.3) is 0 Å². The average Bonchev–Trinajstić information content (AvgIpc) is 2.31. The molecule has 1 aliphatic carbocycles. The quantitative estimate of drug-likeness (QED) is 0.637. The van der Waals surface area contributed by atoms with Crippen molar-refractivity contribution in [2.24, 2.45) is 0 Å². The summed E-state index contributed by atoms with van der Waals surface area (Å²) in [6.07, 6.45) is 9.65. The van der Waals surface area contributed by atoms with Gasteiger partial charge in [0.05, 0.1) is 0 Å². The Hall–Kier alpha value is 0.720. The van der Waals surface area contributed by atoms with Crippen LogP contribution in [0.1, 0.15) is 65.2 Å². The summed E-state index contributed by atoms with van der Waals surface area (Å²) in [7, 11) is 0. The van der Waals surface area contributed by atoms with Gasteiger partial charge in [-0.15, -0.1) is 12.6 Å². The minimum absolute atomic E-state index is 0.0162. The van der Waals surface area contributed by atoms with E-state index in [0.717, 1.165) is 17.4 Å². The molecule has 0 unspecified atom stereocenters. The second kappa shape index (κ2) is 16.7. The molecule has 0 amide bonds. The molecule has 0 aromatic carbocycles. The first-order valence-corrected chi connectivity index (χ1v) is 8.18. The second-order valence-corrected chi connectivity index (χ2v) is 5.84. The molecule has 0 bridgehead atoms. The van der Waals surface area contributed by atoms with E-state index in [4.69, 9.17) is 0 Å². The van der Waals surface area contributed by atoms with Crippen LogP contribution in [-0.2, 0) is 4.79 Å². The molecule has 1 saturated carbocycles. The molecule has 17 heavy (non-hydrogen) atoms. The summed E-state index contributed by atoms with van der Waals surface area (Å²) in [6, 6.07) is 0. The number of rotatable bonds is 3. The maximum Gasteiger partial charge on any atom is 0.185 e. The van der Waals surface area contributed by atoms with Gasteiger partial charge in [0.1, 0.15) is 0 Å². The molecule has 0 spiro atoms. The third kappa shape index (κ3) is 22.4. The monoisotopic (exact) mass is 296 g/mol. The van der Waals surface area contributed by atoms with E-state index in [1.807, 2.05) is 6.92 Å². The molecule has 0 atom stereocenters. The van der Waals surface area contributed by atoms with E-state index in [1.54, 1.807) is 0 Å². The Labute approximate surface area is 124 Å². The lowest BCUT2D eigenvalue weighted by atomic mass is 10.0. The maximum atomic E-state index is 9.91. The van der Waals surface area contributed by atoms with Crippen LogP contribution < -0.4 is 0 Å². The number of hydrogen-bond donors (Lipinski definition) is 3. The van der Waals surface area contributed by atoms with Gasteiger partial charge in [-0.2, -0.15) is 25.3 Å². The summed E-state index contributed by atoms with van der Waals surface area (Å²) in [5.74, 6) is 1.01. The average molecular weight is 297 g/mol. The van der Waals surface area contributed by atoms with Crippen LogP contribution in [-0.4, -0.2) is 16.1 Å². The third-order valence-corrected chi connectivity index (χ3v) is 3.45. The van der Waals surface area contributed by atoms with E-state index in [9.17, 15) is 4.79 Å². The van der Waals surface area contributed by atoms with Crippen molar-refractivity contribution in [1.29, 1.82) is 0 Å². The van der Waals surface area contributed by atoms with Gasteiger partial charge in [-0.1, -0.05) is 33.1 Å². The molecule has 1 nitrogen and oxygen atoms in total. The SMILES string of the molecule is CCCC(=O)S.CCCS.SC1CCCCC1. The number of thiol groups is 3. The Morgan fingerprint density at radius 1 is 1.12 bits per heavy atom. The molecule has 0 saturated heterocycles. The Balaban J connectivity index is 0. The van der Waals surface area contributed by atoms with Gasteiger partial charge >= 0.3 is 0 Å². The van der Waals surface area contributed by atoms with E-state index in [-0.39, 0.29) is 5.12 Å². The summed E-state index contributed by atoms with van der Waals surface area (Å²) in [5.41, 5.74) is 0. The fraction of sp³-hybridized carbons (Fsp3) is 0.923. The second-order valence-electron chi connectivity index (χ2n) is 4.16. The van der Waals surface area contributed by atoms with Crippen LogP contribution in [0.4, 0.5) is 0 Å². The van der Waals surface area contributed by atoms with Gasteiger partial charge in [-0.3, -0.25) is 4.79 Å². The van der Waals surface area contributed by atoms with E-state index in [1.165, 1.54) is 38.5 Å². The standard InChI is InChI=1S/C6H12S.C4H8OS.C3H8S/c7-6-4-2-1-3-5-6;1-2-3-4(5)6;1-2-3-4/h6-7H,1-5H2;2-3H2,1H3,(H,5,6);4H,2-3H2,1H3. The summed E-state index contributed by atoms with van der Waals surface area (Å²) in [4.78, 5) is 9.91. The fourth-order valence-electron chi connectivity index (χ4n) is 1.29. The van der Waals surface area contributed by atoms with Gasteiger partial charge in [0.25, 0.3) is 0 Å². The molecule has 1 fully saturated rings. The van der Waals surface area contributed by atoms with Crippen molar-refractivity contribution in [3.63, 3.8) is 0 Å². The minimum Gasteiger partial charge on any atom is -0.288 e. The lowest BCUT2D eigenvalue weighted by Crippen LogP contribution is -2.03. The third-order valence-electron chi connectivity index (χ3n) is 2.26. The molecule has 4 heteroatoms. The zero-order valence-corrected chi connectivity index (χ0v) is 13.9. The number of carbonyl (C=O) groups excluding carboxylic acids is 1. The van der Waals surface area contributed by atoms with Gasteiger partial charge in [0, 0.05) is 11.7 Å². The van der Waals surface area contributed by atoms with Crippen molar-refractivity contribution < 1.29 is 4.79 Å². The smallest absolute Gasteiger partial charge is 0.185 e. The number of hydrogen-bond acceptors (Lipinski definition) is 3. The first-order chi connectivity index (χ1) is 8.08. The normalized spacial score (nSPS) is 15.1. The highest BCUT2D eigenvalue weighted by atomic mass is 32.1. The zero-order chi connectivity index (χ0) is 13.5. The van der Waals surface area contributed by atoms with Gasteiger partial charge in [0.15, 0.2) is 5.12 Å². The molecule has 1 rings (SSSR count). The van der Waals surface area contributed by atoms with E-state index < -0.39 is 0 Å². The van der Waals surface area contributed by atoms with Crippen LogP contribution in [0, 0.1) is 0 Å². The van der Waals surface area contributed by atoms with Crippen molar-refractivity contribution in [3.8, 4) is 0 Å². The van der Waals surface area contributed by atoms with Gasteiger partial charge < -0.3 is 0 Å². The highest BCUT2D eigenvalue weighted by Gasteiger charge is 2.06. The molecule has 0 radical (unpaired) electrons. The number of carbonyl (C=O) groups is 1. The van der Waals surface area contributed by atoms with Crippen molar-refractivity contribution in [3.05, 3.63) is 0 Å². The summed E-state index contributed by atoms with van der Waals surface area (Å²) < 4.78 is 0. The molecular weight excluding hydrogens is 268 g/mol. The lowest BCUT2D eigenvalue weighted by molar-refractivity contribution is -0.110. The molecule has 1 aliphatic rings. The topological polar surface area (TPSA) is 17.1 Å². The van der Waals surface area contributed by atoms with Crippen LogP contribution >= 0.6 is 37.9 Å². The maximum absolute atomic E-state index is 9.91. The Bertz CT molecular complexity index is 155. The summed E-state index contributed by atoms with van der Waals surface area (Å²) in [6.45, 7) is 4.06. The van der Waals surface area contributed by atoms with E-state index in [2.05, 4.69) is 44.8 Å². The van der Waals surface area contributed by atoms with Gasteiger partial charge in [-0.25, -0.2) is 0 Å². The van der Waals surface area contributed by atoms with Crippen molar-refractivity contribution >= 4 is 43.0 Å². The van der Waals surface area contributed by atoms with Crippen LogP contribution in [0.2, 0.25) is 0 Å².